The van der Waals surface area contributed by atoms with Gasteiger partial charge >= 0.3 is 0 Å². The van der Waals surface area contributed by atoms with Gasteiger partial charge in [-0.2, -0.15) is 0 Å². The van der Waals surface area contributed by atoms with Gasteiger partial charge in [-0.1, -0.05) is 295 Å². The summed E-state index contributed by atoms with van der Waals surface area (Å²) in [4.78, 5) is 0. The lowest BCUT2D eigenvalue weighted by Gasteiger charge is -2.38. The number of aliphatic hydroxyl groups excluding tert-OH is 2. The SMILES string of the molecule is CC1=C[C@H](O)CC(C)(C)[C@H]1/C=C/C(C)=C/C=C/C(C)=C/C=C/C=C(C)/C=C/C=C(C)/C=C/C1=C(C)C[C@@H](O)CC1(C)C.COC(C)(C)C\C=C/C(C)=C/C=C/C(C)=C/C=C/C(C)=C/C=C/C=C(C)/C=C/C=C(\C)CC/C=C(\C)CCC=C(C)C. The fourth-order valence-electron chi connectivity index (χ4n) is 9.78. The van der Waals surface area contributed by atoms with Gasteiger partial charge in [0.05, 0.1) is 17.8 Å². The predicted molar refractivity (Wildman–Crippen MR) is 376 cm³/mol. The van der Waals surface area contributed by atoms with Gasteiger partial charge in [0.2, 0.25) is 0 Å². The summed E-state index contributed by atoms with van der Waals surface area (Å²) in [7, 11) is 1.76. The van der Waals surface area contributed by atoms with Crippen LogP contribution in [0.5, 0.6) is 0 Å². The third-order valence-electron chi connectivity index (χ3n) is 15.0. The van der Waals surface area contributed by atoms with Crippen molar-refractivity contribution in [2.24, 2.45) is 16.7 Å². The number of ether oxygens (including phenoxy) is 1. The van der Waals surface area contributed by atoms with E-state index in [9.17, 15) is 10.2 Å². The highest BCUT2D eigenvalue weighted by molar-refractivity contribution is 5.39. The number of aliphatic hydroxyl groups is 2. The summed E-state index contributed by atoms with van der Waals surface area (Å²) < 4.78 is 5.45. The van der Waals surface area contributed by atoms with Gasteiger partial charge in [-0.15, -0.1) is 0 Å². The summed E-state index contributed by atoms with van der Waals surface area (Å²) in [6.45, 7) is 43.1. The van der Waals surface area contributed by atoms with Crippen molar-refractivity contribution in [2.45, 2.75) is 208 Å². The van der Waals surface area contributed by atoms with E-state index in [1.807, 2.05) is 6.08 Å². The van der Waals surface area contributed by atoms with Gasteiger partial charge in [-0.3, -0.25) is 0 Å². The highest BCUT2D eigenvalue weighted by atomic mass is 16.5. The molecule has 0 spiro atoms. The maximum absolute atomic E-state index is 10.1. The van der Waals surface area contributed by atoms with E-state index >= 15 is 0 Å². The van der Waals surface area contributed by atoms with Crippen LogP contribution in [0, 0.1) is 16.7 Å². The second-order valence-corrected chi connectivity index (χ2v) is 25.8. The number of methoxy groups -OCH3 is 1. The molecule has 0 aromatic carbocycles. The van der Waals surface area contributed by atoms with Gasteiger partial charge in [0, 0.05) is 13.0 Å². The Hall–Kier alpha value is -6.10. The van der Waals surface area contributed by atoms with Crippen LogP contribution >= 0.6 is 0 Å². The van der Waals surface area contributed by atoms with Crippen LogP contribution in [0.4, 0.5) is 0 Å². The quantitative estimate of drug-likeness (QED) is 0.0606. The first kappa shape index (κ1) is 75.9. The van der Waals surface area contributed by atoms with Crippen molar-refractivity contribution in [1.82, 2.24) is 0 Å². The second kappa shape index (κ2) is 41.0. The molecule has 0 saturated carbocycles. The molecule has 2 aliphatic carbocycles. The first-order chi connectivity index (χ1) is 39.4. The van der Waals surface area contributed by atoms with Crippen LogP contribution in [0.3, 0.4) is 0 Å². The zero-order valence-electron chi connectivity index (χ0n) is 56.7. The molecule has 0 unspecified atom stereocenters. The normalized spacial score (nSPS) is 21.0. The first-order valence-electron chi connectivity index (χ1n) is 30.8. The van der Waals surface area contributed by atoms with E-state index in [0.717, 1.165) is 51.4 Å². The summed E-state index contributed by atoms with van der Waals surface area (Å²) in [5, 5.41) is 20.2. The van der Waals surface area contributed by atoms with Gasteiger partial charge in [-0.25, -0.2) is 0 Å². The highest BCUT2D eigenvalue weighted by Crippen LogP contribution is 2.42. The van der Waals surface area contributed by atoms with Gasteiger partial charge in [0.15, 0.2) is 0 Å². The standard InChI is InChI=1S/C41H60O.C40H56O2/c1-34(2)20-14-23-37(5)26-17-29-38(6)27-15-24-35(3)21-12-13-22-36(4)25-16-28-39(7)30-18-31-40(8)32-19-33-41(9,10)42-11;1-29(17-13-19-31(3)21-23-37-33(5)25-35(41)27-39(37,7)8)15-11-12-16-30(2)18-14-20-32(4)22-24-38-34(6)26-36(42)28-40(38,9)10/h12-13,15-16,18-22,24-28,30-32H,14,17,23,29,33H2,1-11H3;11-25,35-37,41-42H,26-28H2,1-10H3/b13-12+,24-15+,25-16+,30-18+,32-19-,35-21+,36-22+,37-26+,38-27+,39-28+,40-31+;12-11+,17-13+,18-14+,23-21+,24-22+,29-15+,30-16+,31-19+,32-20+/t;35-,36+,37-/m.0/s1. The topological polar surface area (TPSA) is 49.7 Å². The Morgan fingerprint density at radius 1 is 0.524 bits per heavy atom. The molecule has 3 nitrogen and oxygen atoms in total. The summed E-state index contributed by atoms with van der Waals surface area (Å²) >= 11 is 0. The van der Waals surface area contributed by atoms with E-state index in [0.29, 0.717) is 5.92 Å². The monoisotopic (exact) mass is 1140 g/mol. The molecule has 84 heavy (non-hydrogen) atoms. The Morgan fingerprint density at radius 3 is 1.37 bits per heavy atom. The lowest BCUT2D eigenvalue weighted by Crippen LogP contribution is -2.32. The predicted octanol–water partition coefficient (Wildman–Crippen LogP) is 23.2. The van der Waals surface area contributed by atoms with Gasteiger partial charge in [0.1, 0.15) is 0 Å². The Morgan fingerprint density at radius 2 is 0.929 bits per heavy atom. The van der Waals surface area contributed by atoms with E-state index in [-0.39, 0.29) is 28.6 Å². The van der Waals surface area contributed by atoms with Gasteiger partial charge < -0.3 is 14.9 Å². The molecule has 0 aromatic rings. The molecule has 0 fully saturated rings. The summed E-state index contributed by atoms with van der Waals surface area (Å²) in [6, 6.07) is 0. The Bertz CT molecular complexity index is 2810. The number of allylic oxidation sites excluding steroid dienone is 43. The second-order valence-electron chi connectivity index (χ2n) is 25.8. The molecule has 0 heterocycles. The maximum atomic E-state index is 10.1. The minimum atomic E-state index is -0.331. The third-order valence-corrected chi connectivity index (χ3v) is 15.0. The van der Waals surface area contributed by atoms with Gasteiger partial charge in [0.25, 0.3) is 0 Å². The largest absolute Gasteiger partial charge is 0.393 e. The Labute approximate surface area is 516 Å². The van der Waals surface area contributed by atoms with E-state index in [2.05, 4.69) is 327 Å². The van der Waals surface area contributed by atoms with Crippen LogP contribution in [-0.2, 0) is 4.74 Å². The number of hydrogen-bond donors (Lipinski definition) is 2. The molecule has 2 rings (SSSR count). The molecule has 0 bridgehead atoms. The van der Waals surface area contributed by atoms with Crippen LogP contribution in [0.1, 0.15) is 190 Å². The van der Waals surface area contributed by atoms with E-state index in [1.54, 1.807) is 7.11 Å². The lowest BCUT2D eigenvalue weighted by molar-refractivity contribution is 0.0255. The van der Waals surface area contributed by atoms with Crippen LogP contribution < -0.4 is 0 Å². The maximum Gasteiger partial charge on any atom is 0.0729 e. The molecule has 3 heteroatoms. The minimum Gasteiger partial charge on any atom is -0.393 e. The average Bonchev–Trinajstić information content (AvgIpc) is 2.56. The molecule has 2 N–H and O–H groups in total. The zero-order valence-corrected chi connectivity index (χ0v) is 56.7. The molecule has 3 atom stereocenters. The smallest absolute Gasteiger partial charge is 0.0729 e. The Kier molecular flexibility index (Phi) is 37.1. The van der Waals surface area contributed by atoms with Crippen molar-refractivity contribution in [3.63, 3.8) is 0 Å². The number of hydrogen-bond acceptors (Lipinski definition) is 3. The third kappa shape index (κ3) is 36.6. The summed E-state index contributed by atoms with van der Waals surface area (Å²) in [5.41, 5.74) is 17.8. The van der Waals surface area contributed by atoms with Crippen molar-refractivity contribution in [3.05, 3.63) is 272 Å². The van der Waals surface area contributed by atoms with Gasteiger partial charge in [-0.05, 0) is 179 Å². The molecule has 0 saturated heterocycles. The van der Waals surface area contributed by atoms with Crippen molar-refractivity contribution in [1.29, 1.82) is 0 Å². The molecule has 2 aliphatic rings. The van der Waals surface area contributed by atoms with Crippen LogP contribution in [0.15, 0.2) is 272 Å². The summed E-state index contributed by atoms with van der Waals surface area (Å²) in [6.07, 6.45) is 76.0. The molecular formula is C81H116O3. The molecule has 0 amide bonds. The van der Waals surface area contributed by atoms with Crippen LogP contribution in [0.25, 0.3) is 0 Å². The summed E-state index contributed by atoms with van der Waals surface area (Å²) in [5.74, 6) is 0.348. The van der Waals surface area contributed by atoms with E-state index in [4.69, 9.17) is 4.74 Å². The van der Waals surface area contributed by atoms with Crippen molar-refractivity contribution in [2.75, 3.05) is 7.11 Å². The molecular weight excluding hydrogens is 1020 g/mol. The first-order valence-corrected chi connectivity index (χ1v) is 30.8. The Balaban J connectivity index is 0.000000840. The fourth-order valence-corrected chi connectivity index (χ4v) is 9.78. The molecule has 0 radical (unpaired) electrons. The zero-order chi connectivity index (χ0) is 63.3. The highest BCUT2D eigenvalue weighted by Gasteiger charge is 2.34. The fraction of sp³-hybridized carbons (Fsp3) is 0.432. The lowest BCUT2D eigenvalue weighted by atomic mass is 9.67. The van der Waals surface area contributed by atoms with E-state index in [1.165, 1.54) is 78.0 Å². The minimum absolute atomic E-state index is 0.00528. The van der Waals surface area contributed by atoms with Crippen molar-refractivity contribution < 1.29 is 14.9 Å². The van der Waals surface area contributed by atoms with E-state index < -0.39 is 0 Å². The van der Waals surface area contributed by atoms with Crippen molar-refractivity contribution >= 4 is 0 Å². The number of rotatable bonds is 28. The molecule has 0 aromatic heterocycles. The van der Waals surface area contributed by atoms with Crippen LogP contribution in [0.2, 0.25) is 0 Å². The van der Waals surface area contributed by atoms with Crippen molar-refractivity contribution in [3.8, 4) is 0 Å². The average molecular weight is 1140 g/mol. The molecule has 458 valence electrons. The molecule has 0 aliphatic heterocycles. The van der Waals surface area contributed by atoms with Crippen LogP contribution in [-0.4, -0.2) is 35.1 Å².